The standard InChI is InChI=1S/C14H18N4O/c1-3-18(9-11-7-5-4-6-10(11)2)14(19)13-12(15)8-16-17-13/h4-8H,3,9,15H2,1-2H3,(H,16,17). The number of H-pyrrole nitrogens is 1. The van der Waals surface area contributed by atoms with E-state index < -0.39 is 0 Å². The van der Waals surface area contributed by atoms with Gasteiger partial charge in [0.2, 0.25) is 0 Å². The van der Waals surface area contributed by atoms with Crippen molar-refractivity contribution in [1.82, 2.24) is 15.1 Å². The third-order valence-electron chi connectivity index (χ3n) is 3.17. The van der Waals surface area contributed by atoms with Crippen LogP contribution >= 0.6 is 0 Å². The molecule has 0 atom stereocenters. The van der Waals surface area contributed by atoms with Gasteiger partial charge in [0.05, 0.1) is 11.9 Å². The fraction of sp³-hybridized carbons (Fsp3) is 0.286. The zero-order valence-electron chi connectivity index (χ0n) is 11.2. The number of nitrogens with zero attached hydrogens (tertiary/aromatic N) is 2. The van der Waals surface area contributed by atoms with Crippen molar-refractivity contribution >= 4 is 11.6 Å². The maximum absolute atomic E-state index is 12.3. The molecule has 2 rings (SSSR count). The lowest BCUT2D eigenvalue weighted by molar-refractivity contribution is 0.0747. The van der Waals surface area contributed by atoms with Gasteiger partial charge in [-0.15, -0.1) is 0 Å². The number of hydrogen-bond acceptors (Lipinski definition) is 3. The molecule has 5 nitrogen and oxygen atoms in total. The zero-order chi connectivity index (χ0) is 13.8. The highest BCUT2D eigenvalue weighted by molar-refractivity contribution is 5.96. The summed E-state index contributed by atoms with van der Waals surface area (Å²) in [5, 5.41) is 6.44. The Bertz CT molecular complexity index is 576. The van der Waals surface area contributed by atoms with Crippen molar-refractivity contribution < 1.29 is 4.79 Å². The van der Waals surface area contributed by atoms with Gasteiger partial charge in [0.15, 0.2) is 0 Å². The number of amides is 1. The molecule has 0 spiro atoms. The largest absolute Gasteiger partial charge is 0.396 e. The number of carbonyl (C=O) groups is 1. The molecule has 1 heterocycles. The van der Waals surface area contributed by atoms with Crippen LogP contribution in [0, 0.1) is 6.92 Å². The van der Waals surface area contributed by atoms with E-state index in [1.54, 1.807) is 4.90 Å². The summed E-state index contributed by atoms with van der Waals surface area (Å²) in [6, 6.07) is 8.04. The first-order chi connectivity index (χ1) is 9.13. The van der Waals surface area contributed by atoms with E-state index in [4.69, 9.17) is 5.73 Å². The molecule has 0 fully saturated rings. The smallest absolute Gasteiger partial charge is 0.274 e. The van der Waals surface area contributed by atoms with Gasteiger partial charge >= 0.3 is 0 Å². The van der Waals surface area contributed by atoms with Crippen LogP contribution in [-0.2, 0) is 6.54 Å². The number of nitrogens with one attached hydrogen (secondary N) is 1. The van der Waals surface area contributed by atoms with E-state index in [0.29, 0.717) is 24.5 Å². The van der Waals surface area contributed by atoms with Crippen LogP contribution in [0.2, 0.25) is 0 Å². The Kier molecular flexibility index (Phi) is 3.85. The predicted octanol–water partition coefficient (Wildman–Crippen LogP) is 1.96. The van der Waals surface area contributed by atoms with E-state index in [1.165, 1.54) is 11.8 Å². The van der Waals surface area contributed by atoms with Crippen LogP contribution in [0.15, 0.2) is 30.5 Å². The second-order valence-electron chi connectivity index (χ2n) is 4.45. The Hall–Kier alpha value is -2.30. The van der Waals surface area contributed by atoms with Crippen molar-refractivity contribution in [3.63, 3.8) is 0 Å². The van der Waals surface area contributed by atoms with Crippen molar-refractivity contribution in [2.75, 3.05) is 12.3 Å². The van der Waals surface area contributed by atoms with Gasteiger partial charge in [0.25, 0.3) is 5.91 Å². The molecule has 3 N–H and O–H groups in total. The van der Waals surface area contributed by atoms with E-state index in [-0.39, 0.29) is 5.91 Å². The first-order valence-corrected chi connectivity index (χ1v) is 6.26. The third kappa shape index (κ3) is 2.76. The first kappa shape index (κ1) is 13.1. The highest BCUT2D eigenvalue weighted by atomic mass is 16.2. The Morgan fingerprint density at radius 2 is 2.16 bits per heavy atom. The number of rotatable bonds is 4. The normalized spacial score (nSPS) is 10.4. The highest BCUT2D eigenvalue weighted by Crippen LogP contribution is 2.15. The van der Waals surface area contributed by atoms with Gasteiger partial charge in [0, 0.05) is 13.1 Å². The Balaban J connectivity index is 2.20. The van der Waals surface area contributed by atoms with Crippen molar-refractivity contribution in [2.45, 2.75) is 20.4 Å². The summed E-state index contributed by atoms with van der Waals surface area (Å²) in [5.41, 5.74) is 8.76. The number of carbonyl (C=O) groups excluding carboxylic acids is 1. The SMILES string of the molecule is CCN(Cc1ccccc1C)C(=O)c1[nH]ncc1N. The minimum atomic E-state index is -0.124. The van der Waals surface area contributed by atoms with Gasteiger partial charge in [0.1, 0.15) is 5.69 Å². The monoisotopic (exact) mass is 258 g/mol. The molecule has 1 amide bonds. The number of hydrogen-bond donors (Lipinski definition) is 2. The van der Waals surface area contributed by atoms with Gasteiger partial charge in [-0.3, -0.25) is 9.89 Å². The molecule has 19 heavy (non-hydrogen) atoms. The fourth-order valence-electron chi connectivity index (χ4n) is 1.95. The number of nitrogen functional groups attached to an aromatic ring is 1. The topological polar surface area (TPSA) is 75.0 Å². The van der Waals surface area contributed by atoms with E-state index in [1.807, 2.05) is 38.1 Å². The quantitative estimate of drug-likeness (QED) is 0.880. The summed E-state index contributed by atoms with van der Waals surface area (Å²) in [7, 11) is 0. The van der Waals surface area contributed by atoms with Crippen LogP contribution in [-0.4, -0.2) is 27.5 Å². The first-order valence-electron chi connectivity index (χ1n) is 6.26. The maximum atomic E-state index is 12.3. The van der Waals surface area contributed by atoms with Crippen molar-refractivity contribution in [2.24, 2.45) is 0 Å². The molecule has 0 bridgehead atoms. The van der Waals surface area contributed by atoms with Crippen LogP contribution in [0.3, 0.4) is 0 Å². The molecule has 0 aliphatic rings. The van der Waals surface area contributed by atoms with Gasteiger partial charge in [-0.2, -0.15) is 5.10 Å². The molecule has 1 aromatic carbocycles. The Morgan fingerprint density at radius 1 is 1.42 bits per heavy atom. The molecule has 0 saturated carbocycles. The van der Waals surface area contributed by atoms with Crippen LogP contribution < -0.4 is 5.73 Å². The van der Waals surface area contributed by atoms with Crippen LogP contribution in [0.25, 0.3) is 0 Å². The number of aromatic amines is 1. The zero-order valence-corrected chi connectivity index (χ0v) is 11.2. The number of nitrogens with two attached hydrogens (primary N) is 1. The number of benzene rings is 1. The minimum Gasteiger partial charge on any atom is -0.396 e. The summed E-state index contributed by atoms with van der Waals surface area (Å²) < 4.78 is 0. The average molecular weight is 258 g/mol. The molecule has 0 saturated heterocycles. The Morgan fingerprint density at radius 3 is 2.74 bits per heavy atom. The van der Waals surface area contributed by atoms with E-state index in [0.717, 1.165) is 5.56 Å². The molecule has 0 radical (unpaired) electrons. The van der Waals surface area contributed by atoms with E-state index in [9.17, 15) is 4.79 Å². The molecule has 2 aromatic rings. The predicted molar refractivity (Wildman–Crippen MR) is 74.6 cm³/mol. The van der Waals surface area contributed by atoms with Crippen LogP contribution in [0.5, 0.6) is 0 Å². The average Bonchev–Trinajstić information content (AvgIpc) is 2.83. The third-order valence-corrected chi connectivity index (χ3v) is 3.17. The molecule has 0 aliphatic heterocycles. The van der Waals surface area contributed by atoms with Crippen LogP contribution in [0.1, 0.15) is 28.5 Å². The minimum absolute atomic E-state index is 0.124. The maximum Gasteiger partial charge on any atom is 0.274 e. The summed E-state index contributed by atoms with van der Waals surface area (Å²) in [6.07, 6.45) is 1.45. The number of aromatic nitrogens is 2. The van der Waals surface area contributed by atoms with E-state index in [2.05, 4.69) is 10.2 Å². The van der Waals surface area contributed by atoms with Gasteiger partial charge < -0.3 is 10.6 Å². The molecule has 5 heteroatoms. The van der Waals surface area contributed by atoms with Gasteiger partial charge in [-0.05, 0) is 25.0 Å². The molecule has 100 valence electrons. The summed E-state index contributed by atoms with van der Waals surface area (Å²) in [6.45, 7) is 5.17. The molecular formula is C14H18N4O. The summed E-state index contributed by atoms with van der Waals surface area (Å²) in [5.74, 6) is -0.124. The second kappa shape index (κ2) is 5.56. The number of aryl methyl sites for hydroxylation is 1. The molecule has 0 aliphatic carbocycles. The molecule has 0 unspecified atom stereocenters. The number of anilines is 1. The lowest BCUT2D eigenvalue weighted by Crippen LogP contribution is -2.31. The fourth-order valence-corrected chi connectivity index (χ4v) is 1.95. The molecule has 1 aromatic heterocycles. The molecular weight excluding hydrogens is 240 g/mol. The van der Waals surface area contributed by atoms with Gasteiger partial charge in [-0.1, -0.05) is 24.3 Å². The van der Waals surface area contributed by atoms with Crippen molar-refractivity contribution in [1.29, 1.82) is 0 Å². The lowest BCUT2D eigenvalue weighted by Gasteiger charge is -2.21. The van der Waals surface area contributed by atoms with Crippen LogP contribution in [0.4, 0.5) is 5.69 Å². The van der Waals surface area contributed by atoms with Crippen molar-refractivity contribution in [3.05, 3.63) is 47.3 Å². The summed E-state index contributed by atoms with van der Waals surface area (Å²) in [4.78, 5) is 14.1. The van der Waals surface area contributed by atoms with E-state index >= 15 is 0 Å². The highest BCUT2D eigenvalue weighted by Gasteiger charge is 2.19. The second-order valence-corrected chi connectivity index (χ2v) is 4.45. The van der Waals surface area contributed by atoms with Gasteiger partial charge in [-0.25, -0.2) is 0 Å². The van der Waals surface area contributed by atoms with Crippen molar-refractivity contribution in [3.8, 4) is 0 Å². The Labute approximate surface area is 112 Å². The summed E-state index contributed by atoms with van der Waals surface area (Å²) >= 11 is 0. The lowest BCUT2D eigenvalue weighted by atomic mass is 10.1.